The lowest BCUT2D eigenvalue weighted by atomic mass is 10.1. The van der Waals surface area contributed by atoms with E-state index < -0.39 is 19.9 Å². The highest BCUT2D eigenvalue weighted by molar-refractivity contribution is 7.91. The monoisotopic (exact) mass is 298 g/mol. The van der Waals surface area contributed by atoms with Crippen molar-refractivity contribution in [3.8, 4) is 0 Å². The summed E-state index contributed by atoms with van der Waals surface area (Å²) in [6.45, 7) is 3.10. The van der Waals surface area contributed by atoms with E-state index in [1.54, 1.807) is 6.92 Å². The Morgan fingerprint density at radius 3 is 2.17 bits per heavy atom. The van der Waals surface area contributed by atoms with Gasteiger partial charge in [0.15, 0.2) is 9.84 Å². The molecular weight excluding hydrogens is 276 g/mol. The van der Waals surface area contributed by atoms with Gasteiger partial charge in [-0.25, -0.2) is 21.1 Å². The molecule has 1 N–H and O–H groups in total. The fourth-order valence-corrected chi connectivity index (χ4v) is 3.55. The number of hydrogen-bond donors (Lipinski definition) is 1. The molecule has 1 aliphatic heterocycles. The molecule has 18 heavy (non-hydrogen) atoms. The van der Waals surface area contributed by atoms with Gasteiger partial charge < -0.3 is 5.32 Å². The molecule has 0 unspecified atom stereocenters. The maximum absolute atomic E-state index is 11.3. The summed E-state index contributed by atoms with van der Waals surface area (Å²) in [4.78, 5) is 0. The average Bonchev–Trinajstić information content (AvgIpc) is 2.28. The number of sulfonamides is 1. The number of sulfone groups is 1. The van der Waals surface area contributed by atoms with Crippen LogP contribution in [0.4, 0.5) is 0 Å². The van der Waals surface area contributed by atoms with Crippen LogP contribution < -0.4 is 5.32 Å². The molecule has 1 saturated heterocycles. The van der Waals surface area contributed by atoms with Gasteiger partial charge in [-0.15, -0.1) is 0 Å². The molecule has 1 aliphatic rings. The van der Waals surface area contributed by atoms with E-state index in [0.717, 1.165) is 12.8 Å². The summed E-state index contributed by atoms with van der Waals surface area (Å²) < 4.78 is 46.7. The quantitative estimate of drug-likeness (QED) is 0.710. The van der Waals surface area contributed by atoms with Gasteiger partial charge in [0, 0.05) is 31.4 Å². The lowest BCUT2D eigenvalue weighted by Gasteiger charge is -2.30. The fraction of sp³-hybridized carbons (Fsp3) is 1.00. The molecule has 6 nitrogen and oxygen atoms in total. The van der Waals surface area contributed by atoms with E-state index >= 15 is 0 Å². The second kappa shape index (κ2) is 6.31. The Hall–Kier alpha value is -0.180. The molecule has 0 aromatic carbocycles. The first-order valence-electron chi connectivity index (χ1n) is 6.13. The Labute approximate surface area is 110 Å². The van der Waals surface area contributed by atoms with Crippen LogP contribution in [-0.2, 0) is 19.9 Å². The summed E-state index contributed by atoms with van der Waals surface area (Å²) in [5, 5.41) is 3.18. The van der Waals surface area contributed by atoms with Crippen molar-refractivity contribution in [3.05, 3.63) is 0 Å². The van der Waals surface area contributed by atoms with E-state index in [4.69, 9.17) is 0 Å². The van der Waals surface area contributed by atoms with Crippen molar-refractivity contribution in [2.75, 3.05) is 37.4 Å². The van der Waals surface area contributed by atoms with E-state index in [-0.39, 0.29) is 17.5 Å². The summed E-state index contributed by atoms with van der Waals surface area (Å²) in [6, 6.07) is 0.218. The van der Waals surface area contributed by atoms with Crippen LogP contribution in [0.5, 0.6) is 0 Å². The second-order valence-corrected chi connectivity index (χ2v) is 9.08. The van der Waals surface area contributed by atoms with Crippen molar-refractivity contribution < 1.29 is 16.8 Å². The standard InChI is InChI=1S/C10H22N2O4S2/c1-3-18(15,16)9-6-11-10-4-7-12(8-5-10)17(2,13)14/h10-11H,3-9H2,1-2H3. The maximum atomic E-state index is 11.3. The van der Waals surface area contributed by atoms with Gasteiger partial charge in [0.25, 0.3) is 0 Å². The largest absolute Gasteiger partial charge is 0.313 e. The molecule has 0 radical (unpaired) electrons. The molecule has 0 atom stereocenters. The Bertz CT molecular complexity index is 450. The maximum Gasteiger partial charge on any atom is 0.211 e. The minimum Gasteiger partial charge on any atom is -0.313 e. The van der Waals surface area contributed by atoms with E-state index in [1.165, 1.54) is 10.6 Å². The van der Waals surface area contributed by atoms with Gasteiger partial charge in [-0.1, -0.05) is 6.92 Å². The van der Waals surface area contributed by atoms with Gasteiger partial charge in [0.2, 0.25) is 10.0 Å². The zero-order chi connectivity index (χ0) is 13.8. The number of nitrogens with one attached hydrogen (secondary N) is 1. The highest BCUT2D eigenvalue weighted by Crippen LogP contribution is 2.12. The third-order valence-electron chi connectivity index (χ3n) is 3.21. The lowest BCUT2D eigenvalue weighted by Crippen LogP contribution is -2.45. The third-order valence-corrected chi connectivity index (χ3v) is 6.22. The van der Waals surface area contributed by atoms with Crippen molar-refractivity contribution >= 4 is 19.9 Å². The topological polar surface area (TPSA) is 83.6 Å². The lowest BCUT2D eigenvalue weighted by molar-refractivity contribution is 0.294. The summed E-state index contributed by atoms with van der Waals surface area (Å²) >= 11 is 0. The molecule has 0 bridgehead atoms. The molecule has 0 aliphatic carbocycles. The molecule has 0 saturated carbocycles. The Morgan fingerprint density at radius 2 is 1.72 bits per heavy atom. The van der Waals surface area contributed by atoms with Crippen molar-refractivity contribution in [2.24, 2.45) is 0 Å². The Balaban J connectivity index is 2.29. The van der Waals surface area contributed by atoms with Crippen LogP contribution >= 0.6 is 0 Å². The van der Waals surface area contributed by atoms with Crippen LogP contribution in [0.1, 0.15) is 19.8 Å². The normalized spacial score (nSPS) is 20.1. The molecule has 108 valence electrons. The van der Waals surface area contributed by atoms with Crippen LogP contribution in [0.15, 0.2) is 0 Å². The second-order valence-electron chi connectivity index (χ2n) is 4.63. The fourth-order valence-electron chi connectivity index (χ4n) is 1.95. The van der Waals surface area contributed by atoms with E-state index in [1.807, 2.05) is 0 Å². The number of nitrogens with zero attached hydrogens (tertiary/aromatic N) is 1. The summed E-state index contributed by atoms with van der Waals surface area (Å²) in [5.41, 5.74) is 0. The minimum absolute atomic E-state index is 0.149. The first kappa shape index (κ1) is 15.9. The highest BCUT2D eigenvalue weighted by Gasteiger charge is 2.24. The number of piperidine rings is 1. The predicted octanol–water partition coefficient (Wildman–Crippen LogP) is -0.565. The molecule has 8 heteroatoms. The zero-order valence-corrected chi connectivity index (χ0v) is 12.6. The van der Waals surface area contributed by atoms with Gasteiger partial charge in [-0.2, -0.15) is 0 Å². The van der Waals surface area contributed by atoms with Crippen molar-refractivity contribution in [3.63, 3.8) is 0 Å². The van der Waals surface area contributed by atoms with Crippen molar-refractivity contribution in [2.45, 2.75) is 25.8 Å². The first-order chi connectivity index (χ1) is 8.24. The summed E-state index contributed by atoms with van der Waals surface area (Å²) in [6.07, 6.45) is 2.69. The van der Waals surface area contributed by atoms with Crippen molar-refractivity contribution in [1.82, 2.24) is 9.62 Å². The van der Waals surface area contributed by atoms with Crippen LogP contribution in [-0.4, -0.2) is 64.6 Å². The van der Waals surface area contributed by atoms with Gasteiger partial charge >= 0.3 is 0 Å². The number of hydrogen-bond acceptors (Lipinski definition) is 5. The van der Waals surface area contributed by atoms with Crippen LogP contribution in [0.2, 0.25) is 0 Å². The van der Waals surface area contributed by atoms with Crippen LogP contribution in [0, 0.1) is 0 Å². The van der Waals surface area contributed by atoms with Gasteiger partial charge in [0.1, 0.15) is 0 Å². The summed E-state index contributed by atoms with van der Waals surface area (Å²) in [7, 11) is -6.01. The minimum atomic E-state index is -3.09. The van der Waals surface area contributed by atoms with Crippen LogP contribution in [0.3, 0.4) is 0 Å². The number of rotatable bonds is 6. The van der Waals surface area contributed by atoms with E-state index in [2.05, 4.69) is 5.32 Å². The van der Waals surface area contributed by atoms with E-state index in [9.17, 15) is 16.8 Å². The molecule has 0 spiro atoms. The van der Waals surface area contributed by atoms with Crippen LogP contribution in [0.25, 0.3) is 0 Å². The van der Waals surface area contributed by atoms with Gasteiger partial charge in [-0.05, 0) is 12.8 Å². The highest BCUT2D eigenvalue weighted by atomic mass is 32.2. The predicted molar refractivity (Wildman–Crippen MR) is 71.8 cm³/mol. The zero-order valence-electron chi connectivity index (χ0n) is 10.9. The SMILES string of the molecule is CCS(=O)(=O)CCNC1CCN(S(C)(=O)=O)CC1. The molecule has 0 aromatic heterocycles. The Kier molecular flexibility index (Phi) is 5.57. The molecule has 1 rings (SSSR count). The van der Waals surface area contributed by atoms with E-state index in [0.29, 0.717) is 19.6 Å². The molecule has 1 heterocycles. The average molecular weight is 298 g/mol. The van der Waals surface area contributed by atoms with Crippen molar-refractivity contribution in [1.29, 1.82) is 0 Å². The third kappa shape index (κ3) is 5.21. The van der Waals surface area contributed by atoms with Gasteiger partial charge in [-0.3, -0.25) is 0 Å². The molecular formula is C10H22N2O4S2. The van der Waals surface area contributed by atoms with Gasteiger partial charge in [0.05, 0.1) is 12.0 Å². The molecule has 1 fully saturated rings. The Morgan fingerprint density at radius 1 is 1.17 bits per heavy atom. The molecule has 0 amide bonds. The summed E-state index contributed by atoms with van der Waals surface area (Å²) in [5.74, 6) is 0.316. The molecule has 0 aromatic rings. The first-order valence-corrected chi connectivity index (χ1v) is 9.80. The smallest absolute Gasteiger partial charge is 0.211 e.